The molecule has 17 heteroatoms. The molecule has 0 aliphatic rings. The molecule has 3 N–H and O–H groups in total. The molecule has 2 atom stereocenters. The van der Waals surface area contributed by atoms with Crippen LogP contribution < -0.4 is 11.4 Å². The van der Waals surface area contributed by atoms with E-state index in [-0.39, 0.29) is 33.7 Å². The van der Waals surface area contributed by atoms with E-state index in [1.807, 2.05) is 0 Å². The lowest BCUT2D eigenvalue weighted by molar-refractivity contribution is -0.207. The fourth-order valence-electron chi connectivity index (χ4n) is 3.71. The van der Waals surface area contributed by atoms with E-state index in [1.165, 1.54) is 43.3 Å². The van der Waals surface area contributed by atoms with Crippen molar-refractivity contribution in [3.8, 4) is 17.1 Å². The zero-order valence-corrected chi connectivity index (χ0v) is 21.8. The summed E-state index contributed by atoms with van der Waals surface area (Å²) in [5.41, 5.74) is 4.05. The number of nitrogens with two attached hydrogens (primary N) is 1. The maximum absolute atomic E-state index is 14.7. The van der Waals surface area contributed by atoms with Crippen molar-refractivity contribution in [3.05, 3.63) is 80.5 Å². The van der Waals surface area contributed by atoms with Crippen LogP contribution in [0.5, 0.6) is 0 Å². The van der Waals surface area contributed by atoms with Crippen LogP contribution in [0.2, 0.25) is 10.0 Å². The van der Waals surface area contributed by atoms with E-state index in [2.05, 4.69) is 15.2 Å². The predicted octanol–water partition coefficient (Wildman–Crippen LogP) is 3.87. The van der Waals surface area contributed by atoms with Crippen molar-refractivity contribution in [3.63, 3.8) is 0 Å². The van der Waals surface area contributed by atoms with E-state index in [0.29, 0.717) is 9.59 Å². The number of para-hydroxylation sites is 1. The quantitative estimate of drug-likeness (QED) is 0.291. The van der Waals surface area contributed by atoms with Gasteiger partial charge in [0.05, 0.1) is 11.6 Å². The molecule has 40 heavy (non-hydrogen) atoms. The van der Waals surface area contributed by atoms with Crippen molar-refractivity contribution in [2.75, 3.05) is 0 Å². The standard InChI is InChI=1S/C23H19Cl2F4N7O4/c1-11(40-21(30)38)19-31-17(32-36(19)18-14(25)3-2-4-15(18)26)10-35-22(39)34(9-16(37)23(27,28)29)20(33-35)12-5-7-13(24)8-6-12/h2-8,11,16,37H,9-10H2,1H3,(H2,30,38)/t11-,16+/m1/s1. The molecule has 4 aromatic rings. The number of carbonyl (C=O) groups excluding carboxylic acids is 1. The molecule has 0 saturated carbocycles. The van der Waals surface area contributed by atoms with Gasteiger partial charge in [0, 0.05) is 10.6 Å². The van der Waals surface area contributed by atoms with Gasteiger partial charge in [0.2, 0.25) is 0 Å². The van der Waals surface area contributed by atoms with Gasteiger partial charge in [0.1, 0.15) is 18.0 Å². The van der Waals surface area contributed by atoms with Gasteiger partial charge in [0.15, 0.2) is 29.7 Å². The number of carbonyl (C=O) groups is 1. The summed E-state index contributed by atoms with van der Waals surface area (Å²) in [7, 11) is 0. The third-order valence-electron chi connectivity index (χ3n) is 5.53. The zero-order valence-electron chi connectivity index (χ0n) is 20.3. The number of amides is 1. The van der Waals surface area contributed by atoms with Gasteiger partial charge < -0.3 is 15.6 Å². The van der Waals surface area contributed by atoms with E-state index in [0.717, 1.165) is 15.4 Å². The van der Waals surface area contributed by atoms with E-state index in [4.69, 9.17) is 33.7 Å². The number of aromatic nitrogens is 6. The fourth-order valence-corrected chi connectivity index (χ4v) is 4.08. The van der Waals surface area contributed by atoms with E-state index < -0.39 is 49.1 Å². The van der Waals surface area contributed by atoms with Crippen LogP contribution >= 0.6 is 23.2 Å². The van der Waals surface area contributed by atoms with Gasteiger partial charge in [-0.1, -0.05) is 29.3 Å². The van der Waals surface area contributed by atoms with Crippen LogP contribution in [-0.4, -0.2) is 52.6 Å². The number of nitrogens with zero attached hydrogens (tertiary/aromatic N) is 6. The summed E-state index contributed by atoms with van der Waals surface area (Å²) >= 11 is 12.1. The number of ether oxygens (including phenoxy) is 1. The largest absolute Gasteiger partial charge is 0.438 e. The molecule has 1 amide bonds. The van der Waals surface area contributed by atoms with Crippen LogP contribution in [0.15, 0.2) is 47.3 Å². The van der Waals surface area contributed by atoms with Crippen molar-refractivity contribution in [2.24, 2.45) is 5.73 Å². The molecule has 0 saturated heterocycles. The Morgan fingerprint density at radius 2 is 1.82 bits per heavy atom. The third-order valence-corrected chi connectivity index (χ3v) is 6.09. The molecular weight excluding hydrogens is 585 g/mol. The Morgan fingerprint density at radius 1 is 1.15 bits per heavy atom. The number of benzene rings is 2. The maximum Gasteiger partial charge on any atom is 0.416 e. The average Bonchev–Trinajstić information content (AvgIpc) is 3.40. The molecular formula is C23H19Cl2F4N7O4. The Hall–Kier alpha value is -3.95. The SMILES string of the molecule is C[C@@H](OC(N)=O)c1nc(Cn2nc(-c3ccc(Cl)cc3)n(C[C@H](O)C(F)(F)F)c2=O)nn1-c1c(F)cccc1Cl. The summed E-state index contributed by atoms with van der Waals surface area (Å²) in [5, 5.41) is 18.2. The van der Waals surface area contributed by atoms with Crippen LogP contribution in [0.3, 0.4) is 0 Å². The van der Waals surface area contributed by atoms with Crippen molar-refractivity contribution in [2.45, 2.75) is 38.4 Å². The van der Waals surface area contributed by atoms with Crippen LogP contribution in [-0.2, 0) is 17.8 Å². The van der Waals surface area contributed by atoms with Crippen LogP contribution in [0.25, 0.3) is 17.1 Å². The molecule has 212 valence electrons. The molecule has 2 aromatic heterocycles. The van der Waals surface area contributed by atoms with Gasteiger partial charge in [-0.15, -0.1) is 10.2 Å². The zero-order chi connectivity index (χ0) is 29.4. The number of hydrogen-bond acceptors (Lipinski definition) is 7. The highest BCUT2D eigenvalue weighted by Gasteiger charge is 2.39. The number of aliphatic hydroxyl groups is 1. The first-order chi connectivity index (χ1) is 18.8. The Kier molecular flexibility index (Phi) is 8.18. The van der Waals surface area contributed by atoms with Gasteiger partial charge >= 0.3 is 18.0 Å². The number of primary amides is 1. The molecule has 0 aliphatic heterocycles. The lowest BCUT2D eigenvalue weighted by Crippen LogP contribution is -2.37. The minimum absolute atomic E-state index is 0.0726. The minimum atomic E-state index is -5.01. The summed E-state index contributed by atoms with van der Waals surface area (Å²) in [6.07, 6.45) is -10.2. The van der Waals surface area contributed by atoms with Crippen molar-refractivity contribution >= 4 is 29.3 Å². The molecule has 2 heterocycles. The summed E-state index contributed by atoms with van der Waals surface area (Å²) in [4.78, 5) is 28.7. The molecule has 0 aliphatic carbocycles. The summed E-state index contributed by atoms with van der Waals surface area (Å²) in [6, 6.07) is 9.57. The normalized spacial score (nSPS) is 13.3. The van der Waals surface area contributed by atoms with Crippen molar-refractivity contribution < 1.29 is 32.2 Å². The average molecular weight is 604 g/mol. The molecule has 4 rings (SSSR count). The summed E-state index contributed by atoms with van der Waals surface area (Å²) in [5.74, 6) is -1.30. The highest BCUT2D eigenvalue weighted by atomic mass is 35.5. The number of hydrogen-bond donors (Lipinski definition) is 2. The predicted molar refractivity (Wildman–Crippen MR) is 134 cm³/mol. The van der Waals surface area contributed by atoms with Gasteiger partial charge in [0.25, 0.3) is 0 Å². The van der Waals surface area contributed by atoms with Crippen molar-refractivity contribution in [1.29, 1.82) is 0 Å². The van der Waals surface area contributed by atoms with Crippen molar-refractivity contribution in [1.82, 2.24) is 29.1 Å². The highest BCUT2D eigenvalue weighted by molar-refractivity contribution is 6.32. The van der Waals surface area contributed by atoms with E-state index in [1.54, 1.807) is 0 Å². The number of rotatable bonds is 8. The number of halogens is 6. The monoisotopic (exact) mass is 603 g/mol. The molecule has 0 bridgehead atoms. The topological polar surface area (TPSA) is 143 Å². The molecule has 11 nitrogen and oxygen atoms in total. The first-order valence-corrected chi connectivity index (χ1v) is 12.1. The number of alkyl halides is 3. The summed E-state index contributed by atoms with van der Waals surface area (Å²) < 4.78 is 61.4. The lowest BCUT2D eigenvalue weighted by Gasteiger charge is -2.15. The summed E-state index contributed by atoms with van der Waals surface area (Å²) in [6.45, 7) is -0.284. The first-order valence-electron chi connectivity index (χ1n) is 11.3. The highest BCUT2D eigenvalue weighted by Crippen LogP contribution is 2.28. The van der Waals surface area contributed by atoms with Crippen LogP contribution in [0.1, 0.15) is 24.7 Å². The first kappa shape index (κ1) is 29.0. The fraction of sp³-hybridized carbons (Fsp3) is 0.261. The molecule has 0 fully saturated rings. The van der Waals surface area contributed by atoms with Gasteiger partial charge in [-0.3, -0.25) is 4.57 Å². The maximum atomic E-state index is 14.7. The second-order valence-corrected chi connectivity index (χ2v) is 9.23. The molecule has 2 aromatic carbocycles. The minimum Gasteiger partial charge on any atom is -0.438 e. The Morgan fingerprint density at radius 3 is 2.42 bits per heavy atom. The molecule has 0 radical (unpaired) electrons. The second-order valence-electron chi connectivity index (χ2n) is 8.39. The van der Waals surface area contributed by atoms with E-state index in [9.17, 15) is 32.3 Å². The Balaban J connectivity index is 1.82. The van der Waals surface area contributed by atoms with E-state index >= 15 is 0 Å². The Bertz CT molecular complexity index is 1580. The second kappa shape index (κ2) is 11.3. The van der Waals surface area contributed by atoms with Crippen LogP contribution in [0, 0.1) is 5.82 Å². The van der Waals surface area contributed by atoms with Gasteiger partial charge in [-0.2, -0.15) is 13.2 Å². The van der Waals surface area contributed by atoms with Crippen LogP contribution in [0.4, 0.5) is 22.4 Å². The smallest absolute Gasteiger partial charge is 0.416 e. The van der Waals surface area contributed by atoms with Gasteiger partial charge in [-0.05, 0) is 43.3 Å². The third kappa shape index (κ3) is 6.11. The van der Waals surface area contributed by atoms with Gasteiger partial charge in [-0.25, -0.2) is 28.3 Å². The lowest BCUT2D eigenvalue weighted by atomic mass is 10.2. The molecule has 0 spiro atoms. The Labute approximate surface area is 232 Å². The molecule has 0 unspecified atom stereocenters. The number of aliphatic hydroxyl groups excluding tert-OH is 1.